The van der Waals surface area contributed by atoms with Gasteiger partial charge >= 0.3 is 5.97 Å². The average Bonchev–Trinajstić information content (AvgIpc) is 3.21. The summed E-state index contributed by atoms with van der Waals surface area (Å²) in [6.07, 6.45) is 1.68. The summed E-state index contributed by atoms with van der Waals surface area (Å²) >= 11 is 5.48. The molecule has 37 heavy (non-hydrogen) atoms. The van der Waals surface area contributed by atoms with Gasteiger partial charge in [0.15, 0.2) is 4.80 Å². The number of hydrogen-bond donors (Lipinski definition) is 1. The number of aromatic hydroxyl groups is 1. The molecule has 2 heterocycles. The third-order valence-electron chi connectivity index (χ3n) is 5.83. The number of carbonyl (C=O) groups excluding carboxylic acids is 1. The van der Waals surface area contributed by atoms with Crippen molar-refractivity contribution in [2.45, 2.75) is 13.0 Å². The van der Waals surface area contributed by atoms with Crippen LogP contribution in [0.4, 0.5) is 0 Å². The minimum Gasteiger partial charge on any atom is -0.506 e. The van der Waals surface area contributed by atoms with Crippen molar-refractivity contribution in [2.75, 3.05) is 6.61 Å². The number of aromatic nitrogens is 1. The van der Waals surface area contributed by atoms with Crippen LogP contribution in [-0.4, -0.2) is 22.2 Å². The first-order chi connectivity index (χ1) is 17.9. The summed E-state index contributed by atoms with van der Waals surface area (Å²) in [6, 6.07) is 21.8. The van der Waals surface area contributed by atoms with E-state index in [0.29, 0.717) is 29.7 Å². The molecule has 4 aromatic rings. The number of ether oxygens (including phenoxy) is 1. The minimum atomic E-state index is -0.724. The van der Waals surface area contributed by atoms with Gasteiger partial charge in [-0.3, -0.25) is 9.36 Å². The summed E-state index contributed by atoms with van der Waals surface area (Å²) in [6.45, 7) is 1.95. The number of carbonyl (C=O) groups is 1. The van der Waals surface area contributed by atoms with Crippen LogP contribution in [0.25, 0.3) is 11.8 Å². The number of benzene rings is 3. The SMILES string of the molecule is CCOC(=O)C1=C(c2ccccc2)N=c2s/c(=C\c3cc(I)cc(I)c3O)c(=O)n2[C@H]1c1ccccc1. The zero-order valence-electron chi connectivity index (χ0n) is 19.5. The highest BCUT2D eigenvalue weighted by Gasteiger charge is 2.35. The van der Waals surface area contributed by atoms with Crippen LogP contribution in [0.15, 0.2) is 88.2 Å². The molecule has 1 aromatic heterocycles. The van der Waals surface area contributed by atoms with Gasteiger partial charge in [-0.1, -0.05) is 72.0 Å². The highest BCUT2D eigenvalue weighted by molar-refractivity contribution is 14.1. The molecule has 1 aliphatic heterocycles. The predicted octanol–water partition coefficient (Wildman–Crippen LogP) is 4.85. The first-order valence-electron chi connectivity index (χ1n) is 11.4. The van der Waals surface area contributed by atoms with Gasteiger partial charge in [0.25, 0.3) is 5.56 Å². The fourth-order valence-electron chi connectivity index (χ4n) is 4.23. The van der Waals surface area contributed by atoms with Gasteiger partial charge in [0.1, 0.15) is 5.75 Å². The molecule has 6 nitrogen and oxygen atoms in total. The summed E-state index contributed by atoms with van der Waals surface area (Å²) in [7, 11) is 0. The van der Waals surface area contributed by atoms with Crippen LogP contribution in [0.2, 0.25) is 0 Å². The van der Waals surface area contributed by atoms with Gasteiger partial charge < -0.3 is 9.84 Å². The quantitative estimate of drug-likeness (QED) is 0.235. The van der Waals surface area contributed by atoms with E-state index in [1.807, 2.05) is 72.8 Å². The fourth-order valence-corrected chi connectivity index (χ4v) is 7.11. The van der Waals surface area contributed by atoms with Crippen molar-refractivity contribution in [1.82, 2.24) is 4.57 Å². The van der Waals surface area contributed by atoms with Crippen molar-refractivity contribution >= 4 is 74.3 Å². The maximum atomic E-state index is 13.9. The van der Waals surface area contributed by atoms with E-state index in [0.717, 1.165) is 14.7 Å². The van der Waals surface area contributed by atoms with Crippen LogP contribution in [0.3, 0.4) is 0 Å². The number of hydrogen-bond acceptors (Lipinski definition) is 6. The molecular weight excluding hydrogens is 714 g/mol. The lowest BCUT2D eigenvalue weighted by molar-refractivity contribution is -0.138. The Morgan fingerprint density at radius 3 is 2.46 bits per heavy atom. The molecule has 0 radical (unpaired) electrons. The van der Waals surface area contributed by atoms with Gasteiger partial charge in [-0.2, -0.15) is 0 Å². The molecule has 0 saturated heterocycles. The van der Waals surface area contributed by atoms with Crippen molar-refractivity contribution in [3.05, 3.63) is 122 Å². The zero-order chi connectivity index (χ0) is 26.1. The predicted molar refractivity (Wildman–Crippen MR) is 161 cm³/mol. The minimum absolute atomic E-state index is 0.114. The van der Waals surface area contributed by atoms with Crippen LogP contribution in [0.5, 0.6) is 5.75 Å². The second kappa shape index (κ2) is 10.9. The number of phenols is 1. The number of thiazole rings is 1. The van der Waals surface area contributed by atoms with E-state index in [9.17, 15) is 14.7 Å². The molecule has 0 spiro atoms. The molecule has 186 valence electrons. The monoisotopic (exact) mass is 734 g/mol. The van der Waals surface area contributed by atoms with Gasteiger partial charge in [-0.15, -0.1) is 0 Å². The first-order valence-corrected chi connectivity index (χ1v) is 14.4. The largest absolute Gasteiger partial charge is 0.506 e. The van der Waals surface area contributed by atoms with E-state index in [1.165, 1.54) is 11.3 Å². The maximum absolute atomic E-state index is 13.9. The normalized spacial score (nSPS) is 15.3. The molecule has 0 fully saturated rings. The molecule has 0 aliphatic carbocycles. The molecule has 1 N–H and O–H groups in total. The van der Waals surface area contributed by atoms with Gasteiger partial charge in [0, 0.05) is 14.7 Å². The Morgan fingerprint density at radius 1 is 1.11 bits per heavy atom. The van der Waals surface area contributed by atoms with Crippen molar-refractivity contribution in [3.8, 4) is 5.75 Å². The van der Waals surface area contributed by atoms with Crippen molar-refractivity contribution in [1.29, 1.82) is 0 Å². The highest BCUT2D eigenvalue weighted by atomic mass is 127. The molecule has 0 saturated carbocycles. The topological polar surface area (TPSA) is 80.9 Å². The van der Waals surface area contributed by atoms with E-state index in [2.05, 4.69) is 45.2 Å². The van der Waals surface area contributed by atoms with E-state index < -0.39 is 12.0 Å². The molecule has 1 atom stereocenters. The Kier molecular flexibility index (Phi) is 7.63. The molecule has 0 amide bonds. The van der Waals surface area contributed by atoms with E-state index >= 15 is 0 Å². The van der Waals surface area contributed by atoms with E-state index in [-0.39, 0.29) is 17.9 Å². The molecule has 0 unspecified atom stereocenters. The summed E-state index contributed by atoms with van der Waals surface area (Å²) in [5, 5.41) is 10.6. The molecule has 1 aliphatic rings. The summed E-state index contributed by atoms with van der Waals surface area (Å²) in [5.41, 5.74) is 2.57. The summed E-state index contributed by atoms with van der Waals surface area (Å²) in [4.78, 5) is 32.6. The first kappa shape index (κ1) is 25.9. The van der Waals surface area contributed by atoms with Gasteiger partial charge in [0.05, 0.1) is 32.0 Å². The van der Waals surface area contributed by atoms with Crippen LogP contribution in [0.1, 0.15) is 29.7 Å². The highest BCUT2D eigenvalue weighted by Crippen LogP contribution is 2.35. The van der Waals surface area contributed by atoms with Gasteiger partial charge in [-0.25, -0.2) is 9.79 Å². The Balaban J connectivity index is 1.84. The Bertz CT molecular complexity index is 1710. The molecular formula is C28H20I2N2O4S. The average molecular weight is 734 g/mol. The van der Waals surface area contributed by atoms with Crippen molar-refractivity contribution < 1.29 is 14.6 Å². The molecule has 3 aromatic carbocycles. The van der Waals surface area contributed by atoms with Crippen LogP contribution in [0, 0.1) is 7.14 Å². The molecule has 9 heteroatoms. The zero-order valence-corrected chi connectivity index (χ0v) is 24.7. The van der Waals surface area contributed by atoms with Crippen molar-refractivity contribution in [2.24, 2.45) is 4.99 Å². The number of rotatable bonds is 5. The second-order valence-electron chi connectivity index (χ2n) is 8.17. The lowest BCUT2D eigenvalue weighted by Gasteiger charge is -2.25. The number of nitrogens with zero attached hydrogens (tertiary/aromatic N) is 2. The lowest BCUT2D eigenvalue weighted by Crippen LogP contribution is -2.40. The van der Waals surface area contributed by atoms with Crippen LogP contribution >= 0.6 is 56.5 Å². The number of esters is 1. The Labute approximate surface area is 243 Å². The third-order valence-corrected chi connectivity index (χ3v) is 8.26. The number of phenolic OH excluding ortho intramolecular Hbond substituents is 1. The number of halogens is 2. The Hall–Kier alpha value is -2.77. The Morgan fingerprint density at radius 2 is 1.78 bits per heavy atom. The van der Waals surface area contributed by atoms with Gasteiger partial charge in [-0.05, 0) is 75.9 Å². The fraction of sp³-hybridized carbons (Fsp3) is 0.107. The van der Waals surface area contributed by atoms with E-state index in [4.69, 9.17) is 9.73 Å². The van der Waals surface area contributed by atoms with Crippen molar-refractivity contribution in [3.63, 3.8) is 0 Å². The molecule has 0 bridgehead atoms. The van der Waals surface area contributed by atoms with Crippen LogP contribution < -0.4 is 14.9 Å². The second-order valence-corrected chi connectivity index (χ2v) is 11.6. The maximum Gasteiger partial charge on any atom is 0.338 e. The van der Waals surface area contributed by atoms with Crippen LogP contribution in [-0.2, 0) is 9.53 Å². The lowest BCUT2D eigenvalue weighted by atomic mass is 9.93. The number of fused-ring (bicyclic) bond motifs is 1. The standard InChI is InChI=1S/C28H20I2N2O4S/c1-2-36-27(35)22-23(16-9-5-3-6-10-16)31-28-32(24(22)17-11-7-4-8-12-17)26(34)21(37-28)14-18-13-19(29)15-20(30)25(18)33/h3-15,24,33H,2H2,1H3/b21-14-/t24-/m0/s1. The summed E-state index contributed by atoms with van der Waals surface area (Å²) < 4.78 is 9.07. The molecule has 5 rings (SSSR count). The van der Waals surface area contributed by atoms with Gasteiger partial charge in [0.2, 0.25) is 0 Å². The third kappa shape index (κ3) is 5.04. The smallest absolute Gasteiger partial charge is 0.338 e. The van der Waals surface area contributed by atoms with E-state index in [1.54, 1.807) is 17.6 Å². The summed E-state index contributed by atoms with van der Waals surface area (Å²) in [5.74, 6) is -0.401.